The highest BCUT2D eigenvalue weighted by Crippen LogP contribution is 2.09. The van der Waals surface area contributed by atoms with Gasteiger partial charge in [-0.25, -0.2) is 9.97 Å². The van der Waals surface area contributed by atoms with Crippen molar-refractivity contribution >= 4 is 11.6 Å². The highest BCUT2D eigenvalue weighted by atomic mass is 15.1. The number of nitrogens with one attached hydrogen (secondary N) is 2. The van der Waals surface area contributed by atoms with Gasteiger partial charge in [-0.15, -0.1) is 0 Å². The van der Waals surface area contributed by atoms with Gasteiger partial charge in [-0.2, -0.15) is 0 Å². The van der Waals surface area contributed by atoms with E-state index in [0.717, 1.165) is 29.6 Å². The fourth-order valence-electron chi connectivity index (χ4n) is 1.42. The molecule has 2 N–H and O–H groups in total. The maximum atomic E-state index is 4.27. The second kappa shape index (κ2) is 5.90. The molecule has 0 unspecified atom stereocenters. The zero-order valence-electron chi connectivity index (χ0n) is 10.5. The van der Waals surface area contributed by atoms with Crippen LogP contribution in [-0.2, 0) is 6.54 Å². The Bertz CT molecular complexity index is 496. The minimum Gasteiger partial charge on any atom is -0.370 e. The summed E-state index contributed by atoms with van der Waals surface area (Å²) in [5.74, 6) is 1.58. The van der Waals surface area contributed by atoms with Crippen LogP contribution in [0.5, 0.6) is 0 Å². The van der Waals surface area contributed by atoms with Gasteiger partial charge in [-0.05, 0) is 13.8 Å². The molecule has 0 saturated carbocycles. The first-order valence-electron chi connectivity index (χ1n) is 5.85. The Morgan fingerprint density at radius 1 is 1.00 bits per heavy atom. The van der Waals surface area contributed by atoms with Crippen molar-refractivity contribution < 1.29 is 0 Å². The Kier molecular flexibility index (Phi) is 4.01. The maximum absolute atomic E-state index is 4.27. The molecule has 0 amide bonds. The first kappa shape index (κ1) is 12.2. The molecule has 0 aliphatic rings. The average Bonchev–Trinajstić information content (AvgIpc) is 2.39. The molecule has 6 nitrogen and oxygen atoms in total. The van der Waals surface area contributed by atoms with E-state index in [1.54, 1.807) is 12.4 Å². The lowest BCUT2D eigenvalue weighted by atomic mass is 10.4. The number of hydrogen-bond donors (Lipinski definition) is 2. The standard InChI is InChI=1S/C12H16N6/c1-3-13-11-4-12(18-8-17-11)16-7-10-6-14-9(2)5-15-10/h4-6,8H,3,7H2,1-2H3,(H2,13,16,17,18). The van der Waals surface area contributed by atoms with E-state index in [1.165, 1.54) is 6.33 Å². The van der Waals surface area contributed by atoms with Crippen molar-refractivity contribution in [3.63, 3.8) is 0 Å². The van der Waals surface area contributed by atoms with E-state index in [0.29, 0.717) is 6.54 Å². The van der Waals surface area contributed by atoms with Gasteiger partial charge in [0.25, 0.3) is 0 Å². The smallest absolute Gasteiger partial charge is 0.131 e. The van der Waals surface area contributed by atoms with Gasteiger partial charge in [0.05, 0.1) is 24.1 Å². The van der Waals surface area contributed by atoms with Crippen LogP contribution < -0.4 is 10.6 Å². The number of aromatic nitrogens is 4. The molecule has 0 radical (unpaired) electrons. The minimum absolute atomic E-state index is 0.593. The lowest BCUT2D eigenvalue weighted by Crippen LogP contribution is -2.06. The van der Waals surface area contributed by atoms with E-state index in [9.17, 15) is 0 Å². The molecule has 0 fully saturated rings. The van der Waals surface area contributed by atoms with Crippen LogP contribution in [0.4, 0.5) is 11.6 Å². The summed E-state index contributed by atoms with van der Waals surface area (Å²) in [5, 5.41) is 6.32. The van der Waals surface area contributed by atoms with Gasteiger partial charge in [0, 0.05) is 18.8 Å². The number of nitrogens with zero attached hydrogens (tertiary/aromatic N) is 4. The predicted octanol–water partition coefficient (Wildman–Crippen LogP) is 1.62. The van der Waals surface area contributed by atoms with Crippen LogP contribution >= 0.6 is 0 Å². The van der Waals surface area contributed by atoms with E-state index in [-0.39, 0.29) is 0 Å². The van der Waals surface area contributed by atoms with Crippen LogP contribution in [0.25, 0.3) is 0 Å². The summed E-state index contributed by atoms with van der Waals surface area (Å²) in [5.41, 5.74) is 1.79. The number of rotatable bonds is 5. The molecule has 94 valence electrons. The first-order valence-corrected chi connectivity index (χ1v) is 5.85. The molecule has 0 bridgehead atoms. The summed E-state index contributed by atoms with van der Waals surface area (Å²) in [6.45, 7) is 5.37. The molecular weight excluding hydrogens is 228 g/mol. The van der Waals surface area contributed by atoms with Crippen LogP contribution in [0.2, 0.25) is 0 Å². The Morgan fingerprint density at radius 3 is 2.44 bits per heavy atom. The lowest BCUT2D eigenvalue weighted by Gasteiger charge is -2.07. The van der Waals surface area contributed by atoms with Crippen LogP contribution in [-0.4, -0.2) is 26.5 Å². The highest BCUT2D eigenvalue weighted by Gasteiger charge is 1.99. The molecule has 0 aliphatic heterocycles. The molecular formula is C12H16N6. The molecule has 2 rings (SSSR count). The number of anilines is 2. The molecule has 2 aromatic rings. The molecule has 6 heteroatoms. The van der Waals surface area contributed by atoms with Gasteiger partial charge < -0.3 is 10.6 Å². The quantitative estimate of drug-likeness (QED) is 0.832. The molecule has 2 heterocycles. The fourth-order valence-corrected chi connectivity index (χ4v) is 1.42. The summed E-state index contributed by atoms with van der Waals surface area (Å²) in [6, 6.07) is 1.87. The zero-order valence-corrected chi connectivity index (χ0v) is 10.5. The van der Waals surface area contributed by atoms with Crippen molar-refractivity contribution in [2.75, 3.05) is 17.2 Å². The summed E-state index contributed by atoms with van der Waals surface area (Å²) < 4.78 is 0. The number of aryl methyl sites for hydroxylation is 1. The minimum atomic E-state index is 0.593. The van der Waals surface area contributed by atoms with Crippen molar-refractivity contribution in [3.05, 3.63) is 36.2 Å². The zero-order chi connectivity index (χ0) is 12.8. The number of hydrogen-bond acceptors (Lipinski definition) is 6. The third-order valence-electron chi connectivity index (χ3n) is 2.31. The highest BCUT2D eigenvalue weighted by molar-refractivity contribution is 5.46. The van der Waals surface area contributed by atoms with Gasteiger partial charge in [-0.3, -0.25) is 9.97 Å². The first-order chi connectivity index (χ1) is 8.78. The lowest BCUT2D eigenvalue weighted by molar-refractivity contribution is 0.972. The largest absolute Gasteiger partial charge is 0.370 e. The van der Waals surface area contributed by atoms with Crippen molar-refractivity contribution in [3.8, 4) is 0 Å². The van der Waals surface area contributed by atoms with Crippen molar-refractivity contribution in [2.45, 2.75) is 20.4 Å². The summed E-state index contributed by atoms with van der Waals surface area (Å²) in [4.78, 5) is 16.7. The van der Waals surface area contributed by atoms with Crippen molar-refractivity contribution in [1.29, 1.82) is 0 Å². The molecule has 18 heavy (non-hydrogen) atoms. The SMILES string of the molecule is CCNc1cc(NCc2cnc(C)cn2)ncn1. The average molecular weight is 244 g/mol. The summed E-state index contributed by atoms with van der Waals surface area (Å²) >= 11 is 0. The molecule has 0 atom stereocenters. The van der Waals surface area contributed by atoms with E-state index in [2.05, 4.69) is 30.6 Å². The third-order valence-corrected chi connectivity index (χ3v) is 2.31. The van der Waals surface area contributed by atoms with E-state index in [4.69, 9.17) is 0 Å². The van der Waals surface area contributed by atoms with Gasteiger partial charge >= 0.3 is 0 Å². The predicted molar refractivity (Wildman–Crippen MR) is 70.3 cm³/mol. The van der Waals surface area contributed by atoms with E-state index in [1.807, 2.05) is 19.9 Å². The van der Waals surface area contributed by atoms with Gasteiger partial charge in [0.15, 0.2) is 0 Å². The molecule has 0 spiro atoms. The second-order valence-corrected chi connectivity index (χ2v) is 3.82. The normalized spacial score (nSPS) is 10.1. The van der Waals surface area contributed by atoms with E-state index >= 15 is 0 Å². The fraction of sp³-hybridized carbons (Fsp3) is 0.333. The van der Waals surface area contributed by atoms with E-state index < -0.39 is 0 Å². The van der Waals surface area contributed by atoms with Gasteiger partial charge in [-0.1, -0.05) is 0 Å². The molecule has 0 aliphatic carbocycles. The van der Waals surface area contributed by atoms with Gasteiger partial charge in [0.1, 0.15) is 18.0 Å². The summed E-state index contributed by atoms with van der Waals surface area (Å²) in [7, 11) is 0. The van der Waals surface area contributed by atoms with Crippen LogP contribution in [0, 0.1) is 6.92 Å². The van der Waals surface area contributed by atoms with Crippen LogP contribution in [0.3, 0.4) is 0 Å². The monoisotopic (exact) mass is 244 g/mol. The van der Waals surface area contributed by atoms with Crippen molar-refractivity contribution in [2.24, 2.45) is 0 Å². The topological polar surface area (TPSA) is 75.6 Å². The van der Waals surface area contributed by atoms with Crippen molar-refractivity contribution in [1.82, 2.24) is 19.9 Å². The summed E-state index contributed by atoms with van der Waals surface area (Å²) in [6.07, 6.45) is 5.04. The Balaban J connectivity index is 1.97. The maximum Gasteiger partial charge on any atom is 0.131 e. The van der Waals surface area contributed by atoms with Crippen LogP contribution in [0.15, 0.2) is 24.8 Å². The van der Waals surface area contributed by atoms with Gasteiger partial charge in [0.2, 0.25) is 0 Å². The Hall–Kier alpha value is -2.24. The third kappa shape index (κ3) is 3.38. The molecule has 0 saturated heterocycles. The Morgan fingerprint density at radius 2 is 1.78 bits per heavy atom. The Labute approximate surface area is 106 Å². The molecule has 2 aromatic heterocycles. The second-order valence-electron chi connectivity index (χ2n) is 3.82. The molecule has 0 aromatic carbocycles. The van der Waals surface area contributed by atoms with Crippen LogP contribution in [0.1, 0.15) is 18.3 Å².